The van der Waals surface area contributed by atoms with Crippen LogP contribution in [0.1, 0.15) is 25.0 Å². The van der Waals surface area contributed by atoms with E-state index in [4.69, 9.17) is 28.4 Å². The second kappa shape index (κ2) is 10.4. The number of methoxy groups -OCH3 is 3. The molecule has 0 radical (unpaired) electrons. The lowest BCUT2D eigenvalue weighted by Crippen LogP contribution is -2.54. The number of ether oxygens (including phenoxy) is 6. The fourth-order valence-electron chi connectivity index (χ4n) is 4.48. The molecule has 0 saturated carbocycles. The van der Waals surface area contributed by atoms with Crippen molar-refractivity contribution in [3.8, 4) is 23.1 Å². The van der Waals surface area contributed by atoms with Crippen LogP contribution in [0, 0.1) is 0 Å². The number of benzene rings is 2. The van der Waals surface area contributed by atoms with Crippen molar-refractivity contribution < 1.29 is 51.5 Å². The van der Waals surface area contributed by atoms with Crippen LogP contribution in [0.2, 0.25) is 0 Å². The van der Waals surface area contributed by atoms with Crippen LogP contribution in [-0.2, 0) is 26.3 Å². The molecular weight excluding hydrogens is 523 g/mol. The Bertz CT molecular complexity index is 1360. The molecule has 0 fully saturated rings. The fraction of sp³-hybridized carbons (Fsp3) is 0.407. The van der Waals surface area contributed by atoms with E-state index in [0.717, 1.165) is 19.2 Å². The summed E-state index contributed by atoms with van der Waals surface area (Å²) < 4.78 is 75.7. The van der Waals surface area contributed by atoms with E-state index in [1.54, 1.807) is 12.1 Å². The van der Waals surface area contributed by atoms with E-state index in [1.165, 1.54) is 46.3 Å². The van der Waals surface area contributed by atoms with Crippen LogP contribution < -0.4 is 18.9 Å². The smallest absolute Gasteiger partial charge is 0.432 e. The van der Waals surface area contributed by atoms with Gasteiger partial charge in [0.25, 0.3) is 5.60 Å². The number of nitrogens with zero attached hydrogens (tertiary/aromatic N) is 1. The Balaban J connectivity index is 1.80. The third kappa shape index (κ3) is 4.89. The lowest BCUT2D eigenvalue weighted by Gasteiger charge is -2.36. The van der Waals surface area contributed by atoms with Gasteiger partial charge in [-0.15, -0.1) is 0 Å². The number of halogens is 3. The standard InChI is InChI=1S/C27H28F3NO8/c1-25(2,33)19(39-24(32)26(36-5,27(28,29)30)15-9-7-6-8-10-15)13-17-21(34-3)16-11-12-18-22(38-14-37-18)20(16)31-23(17)35-4/h6-12,19,33H,13-14H2,1-5H3/t19-,26-/m1/s1. The minimum Gasteiger partial charge on any atom is -0.496 e. The van der Waals surface area contributed by atoms with Crippen molar-refractivity contribution in [3.63, 3.8) is 0 Å². The molecule has 4 rings (SSSR count). The van der Waals surface area contributed by atoms with E-state index in [-0.39, 0.29) is 30.4 Å². The second-order valence-corrected chi connectivity index (χ2v) is 9.33. The highest BCUT2D eigenvalue weighted by Gasteiger charge is 2.64. The Labute approximate surface area is 222 Å². The maximum Gasteiger partial charge on any atom is 0.432 e. The van der Waals surface area contributed by atoms with Gasteiger partial charge in [-0.25, -0.2) is 9.78 Å². The minimum absolute atomic E-state index is 0.00110. The average molecular weight is 552 g/mol. The first kappa shape index (κ1) is 28.2. The number of alkyl halides is 3. The van der Waals surface area contributed by atoms with Gasteiger partial charge in [-0.05, 0) is 26.0 Å². The Hall–Kier alpha value is -3.77. The quantitative estimate of drug-likeness (QED) is 0.390. The summed E-state index contributed by atoms with van der Waals surface area (Å²) in [6, 6.07) is 9.76. The fourth-order valence-corrected chi connectivity index (χ4v) is 4.48. The molecule has 39 heavy (non-hydrogen) atoms. The molecule has 0 unspecified atom stereocenters. The minimum atomic E-state index is -5.19. The average Bonchev–Trinajstić information content (AvgIpc) is 3.37. The Morgan fingerprint density at radius 1 is 1.05 bits per heavy atom. The third-order valence-corrected chi connectivity index (χ3v) is 6.50. The van der Waals surface area contributed by atoms with Gasteiger partial charge in [0.1, 0.15) is 17.4 Å². The number of pyridine rings is 1. The molecule has 1 aromatic heterocycles. The molecule has 9 nitrogen and oxygen atoms in total. The molecule has 0 saturated heterocycles. The number of esters is 1. The van der Waals surface area contributed by atoms with Crippen molar-refractivity contribution in [2.45, 2.75) is 43.8 Å². The number of carbonyl (C=O) groups excluding carboxylic acids is 1. The van der Waals surface area contributed by atoms with Crippen molar-refractivity contribution in [1.29, 1.82) is 0 Å². The molecule has 0 amide bonds. The normalized spacial score (nSPS) is 15.5. The second-order valence-electron chi connectivity index (χ2n) is 9.33. The Morgan fingerprint density at radius 3 is 2.31 bits per heavy atom. The van der Waals surface area contributed by atoms with Crippen LogP contribution in [-0.4, -0.2) is 62.1 Å². The molecule has 2 heterocycles. The van der Waals surface area contributed by atoms with Gasteiger partial charge in [0.05, 0.1) is 25.4 Å². The highest BCUT2D eigenvalue weighted by atomic mass is 19.4. The number of aliphatic hydroxyl groups is 1. The molecule has 0 aliphatic carbocycles. The van der Waals surface area contributed by atoms with Gasteiger partial charge in [-0.2, -0.15) is 13.2 Å². The summed E-state index contributed by atoms with van der Waals surface area (Å²) in [5, 5.41) is 11.4. The first-order valence-corrected chi connectivity index (χ1v) is 11.8. The Morgan fingerprint density at radius 2 is 1.74 bits per heavy atom. The molecule has 1 aliphatic rings. The van der Waals surface area contributed by atoms with Crippen LogP contribution in [0.3, 0.4) is 0 Å². The number of carbonyl (C=O) groups is 1. The van der Waals surface area contributed by atoms with Crippen molar-refractivity contribution in [1.82, 2.24) is 4.98 Å². The van der Waals surface area contributed by atoms with E-state index in [9.17, 15) is 23.1 Å². The molecule has 1 N–H and O–H groups in total. The van der Waals surface area contributed by atoms with Gasteiger partial charge in [-0.3, -0.25) is 0 Å². The Kier molecular flexibility index (Phi) is 7.55. The zero-order chi connectivity index (χ0) is 28.6. The van der Waals surface area contributed by atoms with E-state index in [1.807, 2.05) is 0 Å². The number of hydrogen-bond acceptors (Lipinski definition) is 9. The number of fused-ring (bicyclic) bond motifs is 3. The largest absolute Gasteiger partial charge is 0.496 e. The SMILES string of the molecule is COc1nc2c3c(ccc2c(OC)c1C[C@@H](OC(=O)[C@](OC)(c1ccccc1)C(F)(F)F)C(C)(C)O)OCO3. The number of aromatic nitrogens is 1. The van der Waals surface area contributed by atoms with Gasteiger partial charge in [0, 0.05) is 24.5 Å². The maximum atomic E-state index is 14.4. The molecule has 1 aliphatic heterocycles. The van der Waals surface area contributed by atoms with Gasteiger partial charge >= 0.3 is 12.1 Å². The first-order chi connectivity index (χ1) is 18.4. The third-order valence-electron chi connectivity index (χ3n) is 6.50. The summed E-state index contributed by atoms with van der Waals surface area (Å²) in [6.45, 7) is 2.61. The summed E-state index contributed by atoms with van der Waals surface area (Å²) in [4.78, 5) is 17.9. The summed E-state index contributed by atoms with van der Waals surface area (Å²) in [5.74, 6) is -0.619. The summed E-state index contributed by atoms with van der Waals surface area (Å²) in [7, 11) is 3.50. The summed E-state index contributed by atoms with van der Waals surface area (Å²) in [5.41, 5.74) is -5.10. The van der Waals surface area contributed by atoms with Crippen molar-refractivity contribution >= 4 is 16.9 Å². The molecule has 3 aromatic rings. The zero-order valence-corrected chi connectivity index (χ0v) is 21.9. The topological polar surface area (TPSA) is 106 Å². The van der Waals surface area contributed by atoms with Crippen LogP contribution in [0.25, 0.3) is 10.9 Å². The molecule has 12 heteroatoms. The lowest BCUT2D eigenvalue weighted by atomic mass is 9.91. The van der Waals surface area contributed by atoms with Gasteiger partial charge in [0.15, 0.2) is 11.5 Å². The monoisotopic (exact) mass is 551 g/mol. The van der Waals surface area contributed by atoms with Crippen molar-refractivity contribution in [2.24, 2.45) is 0 Å². The molecule has 210 valence electrons. The number of rotatable bonds is 9. The predicted octanol–water partition coefficient (Wildman–Crippen LogP) is 4.31. The van der Waals surface area contributed by atoms with E-state index in [0.29, 0.717) is 22.4 Å². The highest BCUT2D eigenvalue weighted by molar-refractivity contribution is 5.94. The number of hydrogen-bond donors (Lipinski definition) is 1. The lowest BCUT2D eigenvalue weighted by molar-refractivity contribution is -0.280. The van der Waals surface area contributed by atoms with Crippen LogP contribution in [0.15, 0.2) is 42.5 Å². The highest BCUT2D eigenvalue weighted by Crippen LogP contribution is 2.46. The van der Waals surface area contributed by atoms with Crippen LogP contribution in [0.4, 0.5) is 13.2 Å². The molecule has 2 atom stereocenters. The molecule has 0 bridgehead atoms. The van der Waals surface area contributed by atoms with E-state index in [2.05, 4.69) is 4.98 Å². The summed E-state index contributed by atoms with van der Waals surface area (Å²) in [6.07, 6.45) is -7.01. The molecular formula is C27H28F3NO8. The summed E-state index contributed by atoms with van der Waals surface area (Å²) >= 11 is 0. The van der Waals surface area contributed by atoms with E-state index >= 15 is 0 Å². The molecule has 0 spiro atoms. The maximum absolute atomic E-state index is 14.4. The van der Waals surface area contributed by atoms with Crippen LogP contribution >= 0.6 is 0 Å². The van der Waals surface area contributed by atoms with Gasteiger partial charge < -0.3 is 33.5 Å². The first-order valence-electron chi connectivity index (χ1n) is 11.8. The van der Waals surface area contributed by atoms with Gasteiger partial charge in [-0.1, -0.05) is 30.3 Å². The van der Waals surface area contributed by atoms with Crippen LogP contribution in [0.5, 0.6) is 23.1 Å². The molecule has 2 aromatic carbocycles. The predicted molar refractivity (Wildman–Crippen MR) is 132 cm³/mol. The van der Waals surface area contributed by atoms with E-state index < -0.39 is 35.0 Å². The zero-order valence-electron chi connectivity index (χ0n) is 21.9. The van der Waals surface area contributed by atoms with Crippen molar-refractivity contribution in [2.75, 3.05) is 28.1 Å². The van der Waals surface area contributed by atoms with Crippen molar-refractivity contribution in [3.05, 3.63) is 53.6 Å². The van der Waals surface area contributed by atoms with Gasteiger partial charge in [0.2, 0.25) is 12.7 Å².